The Kier molecular flexibility index (Phi) is 9.13. The average Bonchev–Trinajstić information content (AvgIpc) is 3.38. The zero-order chi connectivity index (χ0) is 15.8. The summed E-state index contributed by atoms with van der Waals surface area (Å²) in [6, 6.07) is 5.92. The number of halogens is 1. The molecule has 0 heterocycles. The van der Waals surface area contributed by atoms with Gasteiger partial charge in [-0.25, -0.2) is 0 Å². The largest absolute Gasteiger partial charge is 0.493 e. The molecule has 1 aromatic rings. The van der Waals surface area contributed by atoms with Crippen LogP contribution < -0.4 is 20.1 Å². The van der Waals surface area contributed by atoms with E-state index in [-0.39, 0.29) is 24.0 Å². The van der Waals surface area contributed by atoms with Crippen LogP contribution in [0.5, 0.6) is 11.5 Å². The predicted octanol–water partition coefficient (Wildman–Crippen LogP) is 3.18. The second kappa shape index (κ2) is 10.6. The second-order valence-corrected chi connectivity index (χ2v) is 5.63. The molecule has 1 saturated carbocycles. The molecule has 1 fully saturated rings. The van der Waals surface area contributed by atoms with E-state index >= 15 is 0 Å². The van der Waals surface area contributed by atoms with Crippen LogP contribution in [0, 0.1) is 5.92 Å². The Morgan fingerprint density at radius 3 is 2.52 bits per heavy atom. The molecule has 0 aliphatic heterocycles. The molecule has 2 rings (SSSR count). The second-order valence-electron chi connectivity index (χ2n) is 5.63. The number of ether oxygens (including phenoxy) is 2. The van der Waals surface area contributed by atoms with E-state index in [1.165, 1.54) is 25.7 Å². The number of benzene rings is 1. The van der Waals surface area contributed by atoms with Crippen molar-refractivity contribution in [3.63, 3.8) is 0 Å². The molecule has 0 spiro atoms. The fourth-order valence-corrected chi connectivity index (χ4v) is 2.40. The Balaban J connectivity index is 0.00000264. The third-order valence-corrected chi connectivity index (χ3v) is 3.91. The maximum absolute atomic E-state index is 5.32. The molecule has 0 bridgehead atoms. The molecule has 0 aromatic heterocycles. The molecule has 5 nitrogen and oxygen atoms in total. The smallest absolute Gasteiger partial charge is 0.191 e. The lowest BCUT2D eigenvalue weighted by Crippen LogP contribution is -2.37. The van der Waals surface area contributed by atoms with Crippen molar-refractivity contribution in [2.24, 2.45) is 10.9 Å². The number of rotatable bonds is 8. The summed E-state index contributed by atoms with van der Waals surface area (Å²) >= 11 is 0. The molecular weight excluding hydrogens is 405 g/mol. The highest BCUT2D eigenvalue weighted by Crippen LogP contribution is 2.33. The molecule has 0 saturated heterocycles. The van der Waals surface area contributed by atoms with Crippen LogP contribution in [0.4, 0.5) is 0 Å². The van der Waals surface area contributed by atoms with E-state index in [1.54, 1.807) is 21.3 Å². The first-order valence-electron chi connectivity index (χ1n) is 7.92. The van der Waals surface area contributed by atoms with Crippen molar-refractivity contribution < 1.29 is 9.47 Å². The summed E-state index contributed by atoms with van der Waals surface area (Å²) in [4.78, 5) is 4.25. The van der Waals surface area contributed by atoms with E-state index in [1.807, 2.05) is 18.2 Å². The Bertz CT molecular complexity index is 505. The Morgan fingerprint density at radius 1 is 1.17 bits per heavy atom. The lowest BCUT2D eigenvalue weighted by atomic mass is 10.2. The van der Waals surface area contributed by atoms with Crippen LogP contribution in [-0.2, 0) is 6.54 Å². The molecule has 23 heavy (non-hydrogen) atoms. The molecule has 0 amide bonds. The van der Waals surface area contributed by atoms with Crippen molar-refractivity contribution >= 4 is 29.9 Å². The van der Waals surface area contributed by atoms with Crippen molar-refractivity contribution in [1.29, 1.82) is 0 Å². The highest BCUT2D eigenvalue weighted by atomic mass is 127. The van der Waals surface area contributed by atoms with Crippen LogP contribution in [0.3, 0.4) is 0 Å². The first kappa shape index (κ1) is 19.9. The predicted molar refractivity (Wildman–Crippen MR) is 105 cm³/mol. The zero-order valence-corrected chi connectivity index (χ0v) is 16.6. The molecule has 0 atom stereocenters. The molecule has 130 valence electrons. The molecule has 1 aliphatic rings. The summed E-state index contributed by atoms with van der Waals surface area (Å²) < 4.78 is 10.6. The van der Waals surface area contributed by atoms with Crippen molar-refractivity contribution in [3.05, 3.63) is 23.8 Å². The number of nitrogens with one attached hydrogen (secondary N) is 2. The van der Waals surface area contributed by atoms with Gasteiger partial charge in [0.25, 0.3) is 0 Å². The van der Waals surface area contributed by atoms with Crippen molar-refractivity contribution in [1.82, 2.24) is 10.6 Å². The van der Waals surface area contributed by atoms with Gasteiger partial charge in [0.05, 0.1) is 14.2 Å². The van der Waals surface area contributed by atoms with Gasteiger partial charge < -0.3 is 20.1 Å². The summed E-state index contributed by atoms with van der Waals surface area (Å²) in [5.74, 6) is 3.32. The number of nitrogens with zero attached hydrogens (tertiary/aromatic N) is 1. The summed E-state index contributed by atoms with van der Waals surface area (Å²) in [5, 5.41) is 6.68. The highest BCUT2D eigenvalue weighted by molar-refractivity contribution is 14.0. The number of aliphatic imine (C=N–C) groups is 1. The van der Waals surface area contributed by atoms with Gasteiger partial charge in [-0.1, -0.05) is 18.9 Å². The molecule has 2 N–H and O–H groups in total. The normalized spacial score (nSPS) is 14.0. The van der Waals surface area contributed by atoms with Gasteiger partial charge in [-0.3, -0.25) is 4.99 Å². The maximum atomic E-state index is 5.32. The van der Waals surface area contributed by atoms with E-state index in [2.05, 4.69) is 15.6 Å². The van der Waals surface area contributed by atoms with E-state index in [0.717, 1.165) is 35.5 Å². The maximum Gasteiger partial charge on any atom is 0.191 e. The average molecular weight is 433 g/mol. The lowest BCUT2D eigenvalue weighted by molar-refractivity contribution is 0.354. The van der Waals surface area contributed by atoms with Crippen LogP contribution in [0.25, 0.3) is 0 Å². The summed E-state index contributed by atoms with van der Waals surface area (Å²) in [6.45, 7) is 1.67. The molecule has 0 radical (unpaired) electrons. The van der Waals surface area contributed by atoms with Gasteiger partial charge >= 0.3 is 0 Å². The summed E-state index contributed by atoms with van der Waals surface area (Å²) in [6.07, 6.45) is 5.39. The molecule has 1 aromatic carbocycles. The third-order valence-electron chi connectivity index (χ3n) is 3.91. The SMILES string of the molecule is CN=C(NCCCC1CC1)NCc1ccc(OC)c(OC)c1.I. The molecule has 0 unspecified atom stereocenters. The Morgan fingerprint density at radius 2 is 1.91 bits per heavy atom. The minimum absolute atomic E-state index is 0. The van der Waals surface area contributed by atoms with Crippen LogP contribution in [0.2, 0.25) is 0 Å². The standard InChI is InChI=1S/C17H27N3O2.HI/c1-18-17(19-10-4-5-13-6-7-13)20-12-14-8-9-15(21-2)16(11-14)22-3;/h8-9,11,13H,4-7,10,12H2,1-3H3,(H2,18,19,20);1H. The Hall–Kier alpha value is -1.18. The lowest BCUT2D eigenvalue weighted by Gasteiger charge is -2.13. The van der Waals surface area contributed by atoms with Crippen molar-refractivity contribution in [2.45, 2.75) is 32.2 Å². The number of methoxy groups -OCH3 is 2. The van der Waals surface area contributed by atoms with Gasteiger partial charge in [-0.2, -0.15) is 0 Å². The zero-order valence-electron chi connectivity index (χ0n) is 14.2. The van der Waals surface area contributed by atoms with Gasteiger partial charge in [-0.05, 0) is 36.5 Å². The van der Waals surface area contributed by atoms with E-state index < -0.39 is 0 Å². The van der Waals surface area contributed by atoms with E-state index in [9.17, 15) is 0 Å². The first-order chi connectivity index (χ1) is 10.8. The van der Waals surface area contributed by atoms with E-state index in [4.69, 9.17) is 9.47 Å². The highest BCUT2D eigenvalue weighted by Gasteiger charge is 2.19. The minimum atomic E-state index is 0. The van der Waals surface area contributed by atoms with Crippen LogP contribution in [0.15, 0.2) is 23.2 Å². The number of hydrogen-bond donors (Lipinski definition) is 2. The molecular formula is C17H28IN3O2. The molecule has 6 heteroatoms. The quantitative estimate of drug-likeness (QED) is 0.286. The summed E-state index contributed by atoms with van der Waals surface area (Å²) in [5.41, 5.74) is 1.12. The van der Waals surface area contributed by atoms with Gasteiger partial charge in [-0.15, -0.1) is 24.0 Å². The van der Waals surface area contributed by atoms with Gasteiger partial charge in [0.15, 0.2) is 17.5 Å². The van der Waals surface area contributed by atoms with Crippen molar-refractivity contribution in [2.75, 3.05) is 27.8 Å². The van der Waals surface area contributed by atoms with Gasteiger partial charge in [0, 0.05) is 20.1 Å². The van der Waals surface area contributed by atoms with Gasteiger partial charge in [0.2, 0.25) is 0 Å². The van der Waals surface area contributed by atoms with Gasteiger partial charge in [0.1, 0.15) is 0 Å². The number of guanidine groups is 1. The Labute approximate surface area is 156 Å². The minimum Gasteiger partial charge on any atom is -0.493 e. The summed E-state index contributed by atoms with van der Waals surface area (Å²) in [7, 11) is 5.09. The fraction of sp³-hybridized carbons (Fsp3) is 0.588. The van der Waals surface area contributed by atoms with Crippen LogP contribution >= 0.6 is 24.0 Å². The van der Waals surface area contributed by atoms with Crippen molar-refractivity contribution in [3.8, 4) is 11.5 Å². The third kappa shape index (κ3) is 6.85. The van der Waals surface area contributed by atoms with E-state index in [0.29, 0.717) is 6.54 Å². The first-order valence-corrected chi connectivity index (χ1v) is 7.92. The topological polar surface area (TPSA) is 54.9 Å². The fourth-order valence-electron chi connectivity index (χ4n) is 2.40. The monoisotopic (exact) mass is 433 g/mol. The van der Waals surface area contributed by atoms with Crippen LogP contribution in [-0.4, -0.2) is 33.8 Å². The molecule has 1 aliphatic carbocycles. The van der Waals surface area contributed by atoms with Crippen LogP contribution in [0.1, 0.15) is 31.2 Å². The number of hydrogen-bond acceptors (Lipinski definition) is 3.